The number of rotatable bonds is 11. The molecule has 0 saturated carbocycles. The van der Waals surface area contributed by atoms with Crippen LogP contribution in [0.4, 0.5) is 34.1 Å². The third-order valence-corrected chi connectivity index (χ3v) is 11.5. The number of hydrogen-bond acceptors (Lipinski definition) is 4. The van der Waals surface area contributed by atoms with Crippen molar-refractivity contribution in [1.82, 2.24) is 0 Å². The van der Waals surface area contributed by atoms with Crippen molar-refractivity contribution in [3.8, 4) is 22.6 Å². The second-order valence-electron chi connectivity index (χ2n) is 15.9. The monoisotopic (exact) mass is 756 g/mol. The second kappa shape index (κ2) is 15.8. The molecule has 0 radical (unpaired) electrons. The molecule has 4 nitrogen and oxygen atoms in total. The van der Waals surface area contributed by atoms with Crippen LogP contribution in [0.3, 0.4) is 0 Å². The predicted molar refractivity (Wildman–Crippen MR) is 242 cm³/mol. The van der Waals surface area contributed by atoms with E-state index in [1.807, 2.05) is 36.4 Å². The molecule has 0 aromatic heterocycles. The van der Waals surface area contributed by atoms with Crippen molar-refractivity contribution >= 4 is 34.1 Å². The van der Waals surface area contributed by atoms with Crippen LogP contribution in [-0.4, -0.2) is 10.2 Å². The first-order valence-electron chi connectivity index (χ1n) is 19.8. The summed E-state index contributed by atoms with van der Waals surface area (Å²) in [4.78, 5) is 4.58. The lowest BCUT2D eigenvalue weighted by atomic mass is 9.78. The SMILES string of the molecule is CC(C)(c1ccc(O)cc1)c1ccc(N(c2ccccc2)c2ccc(-c3ccc(N(c4ccccc4)c4ccc(C(C)(C)c5ccc(O)cc5)cc4)cc3)cc2)cc1. The number of aromatic hydroxyl groups is 2. The number of phenolic OH excluding ortho intramolecular Hbond substituents is 2. The fourth-order valence-corrected chi connectivity index (χ4v) is 7.80. The largest absolute Gasteiger partial charge is 0.508 e. The van der Waals surface area contributed by atoms with E-state index in [2.05, 4.69) is 183 Å². The lowest BCUT2D eigenvalue weighted by Gasteiger charge is -2.29. The number of phenols is 2. The molecule has 0 saturated heterocycles. The van der Waals surface area contributed by atoms with Gasteiger partial charge in [0, 0.05) is 45.0 Å². The van der Waals surface area contributed by atoms with Crippen LogP contribution in [0.1, 0.15) is 49.9 Å². The van der Waals surface area contributed by atoms with Crippen LogP contribution in [0.2, 0.25) is 0 Å². The number of benzene rings is 8. The number of anilines is 6. The third kappa shape index (κ3) is 7.70. The summed E-state index contributed by atoms with van der Waals surface area (Å²) >= 11 is 0. The molecular weight excluding hydrogens is 709 g/mol. The molecule has 0 unspecified atom stereocenters. The Kier molecular flexibility index (Phi) is 10.3. The molecular formula is C54H48N2O2. The standard InChI is InChI=1S/C54H48N2O2/c1-53(2,43-23-35-51(57)36-24-43)41-19-31-49(32-20-41)55(45-11-7-5-8-12-45)47-27-15-39(16-28-47)40-17-29-48(30-18-40)56(46-13-9-6-10-14-46)50-33-21-42(22-34-50)54(3,4)44-25-37-52(58)38-26-44/h5-38,57-58H,1-4H3. The van der Waals surface area contributed by atoms with E-state index in [-0.39, 0.29) is 22.3 Å². The van der Waals surface area contributed by atoms with Gasteiger partial charge in [-0.15, -0.1) is 0 Å². The minimum absolute atomic E-state index is 0.226. The van der Waals surface area contributed by atoms with E-state index in [1.165, 1.54) is 11.1 Å². The first-order chi connectivity index (χ1) is 28.1. The van der Waals surface area contributed by atoms with E-state index < -0.39 is 0 Å². The molecule has 286 valence electrons. The highest BCUT2D eigenvalue weighted by atomic mass is 16.3. The molecule has 0 bridgehead atoms. The fraction of sp³-hybridized carbons (Fsp3) is 0.111. The van der Waals surface area contributed by atoms with E-state index in [1.54, 1.807) is 24.3 Å². The van der Waals surface area contributed by atoms with Crippen LogP contribution < -0.4 is 9.80 Å². The van der Waals surface area contributed by atoms with Gasteiger partial charge in [0.05, 0.1) is 0 Å². The van der Waals surface area contributed by atoms with E-state index in [0.717, 1.165) is 56.4 Å². The van der Waals surface area contributed by atoms with Crippen LogP contribution in [0, 0.1) is 0 Å². The van der Waals surface area contributed by atoms with Crippen LogP contribution in [0.5, 0.6) is 11.5 Å². The van der Waals surface area contributed by atoms with Crippen molar-refractivity contribution in [3.05, 3.63) is 229 Å². The average molecular weight is 757 g/mol. The van der Waals surface area contributed by atoms with Crippen molar-refractivity contribution < 1.29 is 10.2 Å². The summed E-state index contributed by atoms with van der Waals surface area (Å²) in [6.45, 7) is 8.86. The molecule has 0 aliphatic carbocycles. The lowest BCUT2D eigenvalue weighted by molar-refractivity contribution is 0.474. The van der Waals surface area contributed by atoms with Crippen molar-refractivity contribution in [2.24, 2.45) is 0 Å². The zero-order valence-electron chi connectivity index (χ0n) is 33.4. The van der Waals surface area contributed by atoms with Crippen LogP contribution in [0.25, 0.3) is 11.1 Å². The highest BCUT2D eigenvalue weighted by Crippen LogP contribution is 2.41. The van der Waals surface area contributed by atoms with Crippen LogP contribution >= 0.6 is 0 Å². The van der Waals surface area contributed by atoms with Gasteiger partial charge in [-0.25, -0.2) is 0 Å². The van der Waals surface area contributed by atoms with E-state index in [0.29, 0.717) is 0 Å². The highest BCUT2D eigenvalue weighted by molar-refractivity contribution is 5.81. The summed E-state index contributed by atoms with van der Waals surface area (Å²) in [6.07, 6.45) is 0. The Balaban J connectivity index is 1.06. The first kappa shape index (κ1) is 37.9. The first-order valence-corrected chi connectivity index (χ1v) is 19.8. The second-order valence-corrected chi connectivity index (χ2v) is 15.9. The molecule has 0 amide bonds. The predicted octanol–water partition coefficient (Wildman–Crippen LogP) is 14.4. The molecule has 8 rings (SSSR count). The Labute approximate surface area is 342 Å². The Morgan fingerprint density at radius 1 is 0.276 bits per heavy atom. The molecule has 8 aromatic rings. The topological polar surface area (TPSA) is 46.9 Å². The molecule has 2 N–H and O–H groups in total. The highest BCUT2D eigenvalue weighted by Gasteiger charge is 2.25. The van der Waals surface area contributed by atoms with E-state index in [4.69, 9.17) is 0 Å². The van der Waals surface area contributed by atoms with Gasteiger partial charge in [0.2, 0.25) is 0 Å². The number of para-hydroxylation sites is 2. The Morgan fingerprint density at radius 3 is 0.776 bits per heavy atom. The summed E-state index contributed by atoms with van der Waals surface area (Å²) in [5, 5.41) is 19.7. The summed E-state index contributed by atoms with van der Waals surface area (Å²) in [7, 11) is 0. The molecule has 0 atom stereocenters. The quantitative estimate of drug-likeness (QED) is 0.138. The summed E-state index contributed by atoms with van der Waals surface area (Å²) < 4.78 is 0. The normalized spacial score (nSPS) is 11.6. The van der Waals surface area contributed by atoms with Crippen molar-refractivity contribution in [1.29, 1.82) is 0 Å². The van der Waals surface area contributed by atoms with Crippen LogP contribution in [-0.2, 0) is 10.8 Å². The summed E-state index contributed by atoms with van der Waals surface area (Å²) in [6, 6.07) is 71.2. The summed E-state index contributed by atoms with van der Waals surface area (Å²) in [5.74, 6) is 0.550. The van der Waals surface area contributed by atoms with Gasteiger partial charge in [-0.05, 0) is 130 Å². The maximum absolute atomic E-state index is 9.84. The van der Waals surface area contributed by atoms with E-state index >= 15 is 0 Å². The molecule has 58 heavy (non-hydrogen) atoms. The smallest absolute Gasteiger partial charge is 0.115 e. The van der Waals surface area contributed by atoms with Crippen molar-refractivity contribution in [2.75, 3.05) is 9.80 Å². The molecule has 0 heterocycles. The molecule has 0 fully saturated rings. The van der Waals surface area contributed by atoms with Gasteiger partial charge < -0.3 is 20.0 Å². The van der Waals surface area contributed by atoms with Gasteiger partial charge in [-0.1, -0.05) is 137 Å². The van der Waals surface area contributed by atoms with Gasteiger partial charge in [-0.3, -0.25) is 0 Å². The zero-order valence-corrected chi connectivity index (χ0v) is 33.4. The van der Waals surface area contributed by atoms with Gasteiger partial charge in [0.25, 0.3) is 0 Å². The number of nitrogens with zero attached hydrogens (tertiary/aromatic N) is 2. The molecule has 0 spiro atoms. The van der Waals surface area contributed by atoms with Gasteiger partial charge in [0.15, 0.2) is 0 Å². The van der Waals surface area contributed by atoms with Gasteiger partial charge >= 0.3 is 0 Å². The molecule has 8 aromatic carbocycles. The van der Waals surface area contributed by atoms with E-state index in [9.17, 15) is 10.2 Å². The lowest BCUT2D eigenvalue weighted by Crippen LogP contribution is -2.19. The Morgan fingerprint density at radius 2 is 0.500 bits per heavy atom. The Hall–Kier alpha value is -7.04. The molecule has 0 aliphatic heterocycles. The minimum atomic E-state index is -0.226. The zero-order chi connectivity index (χ0) is 40.3. The minimum Gasteiger partial charge on any atom is -0.508 e. The molecule has 0 aliphatic rings. The van der Waals surface area contributed by atoms with Crippen LogP contribution in [0.15, 0.2) is 206 Å². The van der Waals surface area contributed by atoms with Crippen molar-refractivity contribution in [2.45, 2.75) is 38.5 Å². The number of hydrogen-bond donors (Lipinski definition) is 2. The maximum Gasteiger partial charge on any atom is 0.115 e. The van der Waals surface area contributed by atoms with Gasteiger partial charge in [-0.2, -0.15) is 0 Å². The average Bonchev–Trinajstić information content (AvgIpc) is 3.26. The fourth-order valence-electron chi connectivity index (χ4n) is 7.80. The van der Waals surface area contributed by atoms with Crippen molar-refractivity contribution in [3.63, 3.8) is 0 Å². The maximum atomic E-state index is 9.84. The Bertz CT molecular complexity index is 2380. The molecule has 4 heteroatoms. The third-order valence-electron chi connectivity index (χ3n) is 11.5. The summed E-state index contributed by atoms with van der Waals surface area (Å²) in [5.41, 5.74) is 13.0. The van der Waals surface area contributed by atoms with Gasteiger partial charge in [0.1, 0.15) is 11.5 Å².